The molecule has 0 bridgehead atoms. The van der Waals surface area contributed by atoms with Crippen molar-refractivity contribution in [2.75, 3.05) is 7.11 Å². The molecule has 0 saturated carbocycles. The van der Waals surface area contributed by atoms with Crippen LogP contribution < -0.4 is 4.74 Å². The van der Waals surface area contributed by atoms with Crippen molar-refractivity contribution in [3.05, 3.63) is 28.0 Å². The van der Waals surface area contributed by atoms with Gasteiger partial charge in [-0.1, -0.05) is 11.6 Å². The van der Waals surface area contributed by atoms with Gasteiger partial charge in [0.05, 0.1) is 17.9 Å². The highest BCUT2D eigenvalue weighted by Crippen LogP contribution is 2.34. The fourth-order valence-corrected chi connectivity index (χ4v) is 2.62. The van der Waals surface area contributed by atoms with Gasteiger partial charge in [-0.25, -0.2) is 12.8 Å². The van der Waals surface area contributed by atoms with Gasteiger partial charge in [0.1, 0.15) is 11.6 Å². The van der Waals surface area contributed by atoms with Gasteiger partial charge in [-0.15, -0.1) is 0 Å². The number of halogens is 3. The van der Waals surface area contributed by atoms with Gasteiger partial charge in [-0.3, -0.25) is 0 Å². The second-order valence-corrected chi connectivity index (χ2v) is 6.34. The minimum Gasteiger partial charge on any atom is -0.495 e. The smallest absolute Gasteiger partial charge is 0.236 e. The molecule has 0 aliphatic carbocycles. The molecule has 0 fully saturated rings. The maximum absolute atomic E-state index is 13.4. The molecule has 0 atom stereocenters. The van der Waals surface area contributed by atoms with Crippen molar-refractivity contribution < 1.29 is 17.5 Å². The topological polar surface area (TPSA) is 43.4 Å². The van der Waals surface area contributed by atoms with E-state index in [0.717, 1.165) is 6.07 Å². The molecule has 0 spiro atoms. The van der Waals surface area contributed by atoms with E-state index >= 15 is 0 Å². The van der Waals surface area contributed by atoms with Crippen LogP contribution in [0.25, 0.3) is 0 Å². The SMILES string of the molecule is COc1c(Cl)cc(F)c(C)c1CS(=O)(=O)Cl. The van der Waals surface area contributed by atoms with Crippen LogP contribution in [0.15, 0.2) is 6.07 Å². The molecule has 3 nitrogen and oxygen atoms in total. The number of rotatable bonds is 3. The average molecular weight is 287 g/mol. The molecule has 16 heavy (non-hydrogen) atoms. The van der Waals surface area contributed by atoms with Crippen LogP contribution in [0.1, 0.15) is 11.1 Å². The van der Waals surface area contributed by atoms with Crippen molar-refractivity contribution >= 4 is 31.3 Å². The largest absolute Gasteiger partial charge is 0.495 e. The van der Waals surface area contributed by atoms with Crippen molar-refractivity contribution in [1.29, 1.82) is 0 Å². The van der Waals surface area contributed by atoms with Gasteiger partial charge in [0.25, 0.3) is 0 Å². The molecule has 0 aliphatic heterocycles. The Balaban J connectivity index is 3.45. The van der Waals surface area contributed by atoms with E-state index in [1.165, 1.54) is 14.0 Å². The Morgan fingerprint density at radius 2 is 2.06 bits per heavy atom. The Bertz CT molecular complexity index is 514. The fraction of sp³-hybridized carbons (Fsp3) is 0.333. The number of hydrogen-bond acceptors (Lipinski definition) is 3. The van der Waals surface area contributed by atoms with E-state index in [1.54, 1.807) is 0 Å². The molecule has 90 valence electrons. The zero-order valence-corrected chi connectivity index (χ0v) is 10.9. The molecule has 1 aromatic rings. The quantitative estimate of drug-likeness (QED) is 0.803. The highest BCUT2D eigenvalue weighted by atomic mass is 35.7. The molecule has 1 aromatic carbocycles. The molecule has 1 rings (SSSR count). The average Bonchev–Trinajstić information content (AvgIpc) is 2.12. The van der Waals surface area contributed by atoms with E-state index in [1.807, 2.05) is 0 Å². The molecule has 0 N–H and O–H groups in total. The Hall–Kier alpha value is -0.520. The molecule has 0 aromatic heterocycles. The van der Waals surface area contributed by atoms with Crippen molar-refractivity contribution in [2.24, 2.45) is 0 Å². The summed E-state index contributed by atoms with van der Waals surface area (Å²) in [7, 11) is 2.65. The summed E-state index contributed by atoms with van der Waals surface area (Å²) in [4.78, 5) is 0. The maximum atomic E-state index is 13.4. The highest BCUT2D eigenvalue weighted by Gasteiger charge is 2.20. The van der Waals surface area contributed by atoms with Crippen LogP contribution in [0.2, 0.25) is 5.02 Å². The summed E-state index contributed by atoms with van der Waals surface area (Å²) in [6.45, 7) is 1.44. The fourth-order valence-electron chi connectivity index (χ4n) is 1.31. The minimum atomic E-state index is -3.80. The summed E-state index contributed by atoms with van der Waals surface area (Å²) in [5.41, 5.74) is 0.299. The van der Waals surface area contributed by atoms with Crippen molar-refractivity contribution in [2.45, 2.75) is 12.7 Å². The van der Waals surface area contributed by atoms with Crippen LogP contribution in [-0.2, 0) is 14.8 Å². The van der Waals surface area contributed by atoms with E-state index < -0.39 is 20.6 Å². The number of benzene rings is 1. The predicted molar refractivity (Wildman–Crippen MR) is 61.2 cm³/mol. The molecular weight excluding hydrogens is 278 g/mol. The Kier molecular flexibility index (Phi) is 4.04. The lowest BCUT2D eigenvalue weighted by atomic mass is 10.1. The summed E-state index contributed by atoms with van der Waals surface area (Å²) >= 11 is 5.73. The lowest BCUT2D eigenvalue weighted by Gasteiger charge is -2.12. The molecule has 0 amide bonds. The van der Waals surface area contributed by atoms with Gasteiger partial charge < -0.3 is 4.74 Å². The minimum absolute atomic E-state index is 0.0147. The van der Waals surface area contributed by atoms with E-state index in [4.69, 9.17) is 27.0 Å². The van der Waals surface area contributed by atoms with Crippen LogP contribution >= 0.6 is 22.3 Å². The summed E-state index contributed by atoms with van der Waals surface area (Å²) in [5.74, 6) is -0.993. The third-order valence-electron chi connectivity index (χ3n) is 2.08. The first-order valence-electron chi connectivity index (χ1n) is 4.20. The summed E-state index contributed by atoms with van der Waals surface area (Å²) in [5, 5.41) is 0.0147. The number of hydrogen-bond donors (Lipinski definition) is 0. The third kappa shape index (κ3) is 2.99. The first-order valence-corrected chi connectivity index (χ1v) is 7.05. The summed E-state index contributed by atoms with van der Waals surface area (Å²) < 4.78 is 40.3. The van der Waals surface area contributed by atoms with Crippen molar-refractivity contribution in [1.82, 2.24) is 0 Å². The monoisotopic (exact) mass is 286 g/mol. The zero-order chi connectivity index (χ0) is 12.5. The lowest BCUT2D eigenvalue weighted by Crippen LogP contribution is -2.03. The van der Waals surface area contributed by atoms with Crippen LogP contribution in [-0.4, -0.2) is 15.5 Å². The second-order valence-electron chi connectivity index (χ2n) is 3.16. The van der Waals surface area contributed by atoms with Crippen molar-refractivity contribution in [3.8, 4) is 5.75 Å². The first kappa shape index (κ1) is 13.5. The van der Waals surface area contributed by atoms with Crippen LogP contribution in [0.4, 0.5) is 4.39 Å². The lowest BCUT2D eigenvalue weighted by molar-refractivity contribution is 0.409. The van der Waals surface area contributed by atoms with Crippen LogP contribution in [0.3, 0.4) is 0 Å². The van der Waals surface area contributed by atoms with E-state index in [2.05, 4.69) is 0 Å². The molecule has 7 heteroatoms. The van der Waals surface area contributed by atoms with Crippen molar-refractivity contribution in [3.63, 3.8) is 0 Å². The zero-order valence-electron chi connectivity index (χ0n) is 8.55. The molecule has 0 unspecified atom stereocenters. The highest BCUT2D eigenvalue weighted by molar-refractivity contribution is 8.13. The molecule has 0 aliphatic rings. The van der Waals surface area contributed by atoms with E-state index in [-0.39, 0.29) is 21.9 Å². The Labute approximate surface area is 103 Å². The standard InChI is InChI=1S/C9H9Cl2FO3S/c1-5-6(4-16(11,13)14)9(15-2)7(10)3-8(5)12/h3H,4H2,1-2H3. The summed E-state index contributed by atoms with van der Waals surface area (Å²) in [6.07, 6.45) is 0. The third-order valence-corrected chi connectivity index (χ3v) is 3.32. The van der Waals surface area contributed by atoms with Gasteiger partial charge in [-0.05, 0) is 18.6 Å². The molecule has 0 heterocycles. The van der Waals surface area contributed by atoms with Crippen LogP contribution in [0, 0.1) is 12.7 Å². The first-order chi connectivity index (χ1) is 7.26. The molecule has 0 saturated heterocycles. The van der Waals surface area contributed by atoms with E-state index in [9.17, 15) is 12.8 Å². The van der Waals surface area contributed by atoms with E-state index in [0.29, 0.717) is 0 Å². The Morgan fingerprint density at radius 3 is 2.50 bits per heavy atom. The van der Waals surface area contributed by atoms with Gasteiger partial charge in [0.15, 0.2) is 0 Å². The second kappa shape index (κ2) is 4.77. The number of ether oxygens (including phenoxy) is 1. The number of methoxy groups -OCH3 is 1. The van der Waals surface area contributed by atoms with Gasteiger partial charge in [0, 0.05) is 16.2 Å². The van der Waals surface area contributed by atoms with Crippen LogP contribution in [0.5, 0.6) is 5.75 Å². The maximum Gasteiger partial charge on any atom is 0.236 e. The molecular formula is C9H9Cl2FO3S. The Morgan fingerprint density at radius 1 is 1.50 bits per heavy atom. The molecule has 0 radical (unpaired) electrons. The van der Waals surface area contributed by atoms with Gasteiger partial charge >= 0.3 is 0 Å². The summed E-state index contributed by atoms with van der Waals surface area (Å²) in [6, 6.07) is 1.07. The van der Waals surface area contributed by atoms with Gasteiger partial charge in [-0.2, -0.15) is 0 Å². The normalized spacial score (nSPS) is 11.6. The predicted octanol–water partition coefficient (Wildman–Crippen LogP) is 2.86. The van der Waals surface area contributed by atoms with Gasteiger partial charge in [0.2, 0.25) is 9.05 Å².